The Labute approximate surface area is 157 Å². The molecule has 0 saturated heterocycles. The van der Waals surface area contributed by atoms with Gasteiger partial charge in [-0.3, -0.25) is 0 Å². The Morgan fingerprint density at radius 2 is 1.89 bits per heavy atom. The van der Waals surface area contributed by atoms with Crippen LogP contribution in [0.15, 0.2) is 48.7 Å². The van der Waals surface area contributed by atoms with E-state index in [0.717, 1.165) is 33.2 Å². The SMILES string of the molecule is Cc1ccc(C)c(CNC(=O)N[C@@H](Cc2c[nH]c3ccccc23)C(=O)O)c1. The van der Waals surface area contributed by atoms with Crippen molar-refractivity contribution in [2.45, 2.75) is 32.9 Å². The summed E-state index contributed by atoms with van der Waals surface area (Å²) in [4.78, 5) is 27.0. The molecule has 0 unspecified atom stereocenters. The number of aromatic amines is 1. The Kier molecular flexibility index (Phi) is 5.45. The van der Waals surface area contributed by atoms with Crippen LogP contribution >= 0.6 is 0 Å². The van der Waals surface area contributed by atoms with Gasteiger partial charge in [-0.05, 0) is 36.6 Å². The van der Waals surface area contributed by atoms with Crippen LogP contribution in [0.4, 0.5) is 4.79 Å². The first-order valence-electron chi connectivity index (χ1n) is 8.82. The lowest BCUT2D eigenvalue weighted by Crippen LogP contribution is -2.46. The summed E-state index contributed by atoms with van der Waals surface area (Å²) in [5, 5.41) is 15.8. The van der Waals surface area contributed by atoms with E-state index in [4.69, 9.17) is 0 Å². The van der Waals surface area contributed by atoms with Crippen LogP contribution < -0.4 is 10.6 Å². The van der Waals surface area contributed by atoms with Crippen molar-refractivity contribution in [3.8, 4) is 0 Å². The molecule has 0 aliphatic heterocycles. The second-order valence-corrected chi connectivity index (χ2v) is 6.71. The Balaban J connectivity index is 1.64. The first-order valence-corrected chi connectivity index (χ1v) is 8.82. The number of hydrogen-bond donors (Lipinski definition) is 4. The lowest BCUT2D eigenvalue weighted by Gasteiger charge is -2.16. The van der Waals surface area contributed by atoms with E-state index < -0.39 is 18.0 Å². The molecule has 0 bridgehead atoms. The van der Waals surface area contributed by atoms with E-state index in [9.17, 15) is 14.7 Å². The molecule has 6 heteroatoms. The summed E-state index contributed by atoms with van der Waals surface area (Å²) < 4.78 is 0. The van der Waals surface area contributed by atoms with E-state index in [-0.39, 0.29) is 6.42 Å². The molecular formula is C21H23N3O3. The highest BCUT2D eigenvalue weighted by Gasteiger charge is 2.21. The number of carboxylic acid groups (broad SMARTS) is 1. The van der Waals surface area contributed by atoms with Gasteiger partial charge in [-0.1, -0.05) is 42.0 Å². The van der Waals surface area contributed by atoms with Crippen molar-refractivity contribution in [3.05, 3.63) is 70.9 Å². The van der Waals surface area contributed by atoms with Crippen LogP contribution in [0, 0.1) is 13.8 Å². The summed E-state index contributed by atoms with van der Waals surface area (Å²) in [6.45, 7) is 4.31. The topological polar surface area (TPSA) is 94.2 Å². The fourth-order valence-corrected chi connectivity index (χ4v) is 3.10. The Hall–Kier alpha value is -3.28. The van der Waals surface area contributed by atoms with Gasteiger partial charge in [0, 0.05) is 30.1 Å². The van der Waals surface area contributed by atoms with Crippen molar-refractivity contribution in [2.75, 3.05) is 0 Å². The summed E-state index contributed by atoms with van der Waals surface area (Å²) in [5.41, 5.74) is 4.99. The molecule has 3 aromatic rings. The Bertz CT molecular complexity index is 978. The van der Waals surface area contributed by atoms with E-state index in [2.05, 4.69) is 15.6 Å². The molecule has 2 aromatic carbocycles. The van der Waals surface area contributed by atoms with Crippen LogP contribution in [0.25, 0.3) is 10.9 Å². The second-order valence-electron chi connectivity index (χ2n) is 6.71. The highest BCUT2D eigenvalue weighted by atomic mass is 16.4. The van der Waals surface area contributed by atoms with Gasteiger partial charge in [0.1, 0.15) is 6.04 Å². The monoisotopic (exact) mass is 365 g/mol. The fraction of sp³-hybridized carbons (Fsp3) is 0.238. The maximum Gasteiger partial charge on any atom is 0.326 e. The molecule has 140 valence electrons. The lowest BCUT2D eigenvalue weighted by atomic mass is 10.0. The highest BCUT2D eigenvalue weighted by molar-refractivity contribution is 5.86. The third kappa shape index (κ3) is 4.47. The second kappa shape index (κ2) is 7.95. The summed E-state index contributed by atoms with van der Waals surface area (Å²) in [6.07, 6.45) is 1.99. The van der Waals surface area contributed by atoms with Gasteiger partial charge in [0.05, 0.1) is 0 Å². The highest BCUT2D eigenvalue weighted by Crippen LogP contribution is 2.19. The van der Waals surface area contributed by atoms with Crippen LogP contribution in [0.2, 0.25) is 0 Å². The van der Waals surface area contributed by atoms with Gasteiger partial charge >= 0.3 is 12.0 Å². The molecule has 1 atom stereocenters. The van der Waals surface area contributed by atoms with Crippen LogP contribution in [-0.4, -0.2) is 28.1 Å². The lowest BCUT2D eigenvalue weighted by molar-refractivity contribution is -0.139. The molecule has 6 nitrogen and oxygen atoms in total. The summed E-state index contributed by atoms with van der Waals surface area (Å²) in [6, 6.07) is 12.2. The first kappa shape index (κ1) is 18.5. The van der Waals surface area contributed by atoms with Crippen molar-refractivity contribution in [1.82, 2.24) is 15.6 Å². The van der Waals surface area contributed by atoms with Crippen LogP contribution in [0.5, 0.6) is 0 Å². The molecule has 3 rings (SSSR count). The van der Waals surface area contributed by atoms with E-state index in [1.54, 1.807) is 6.20 Å². The number of amides is 2. The molecule has 0 spiro atoms. The molecule has 0 fully saturated rings. The zero-order valence-corrected chi connectivity index (χ0v) is 15.4. The third-order valence-electron chi connectivity index (χ3n) is 4.65. The number of carbonyl (C=O) groups is 2. The van der Waals surface area contributed by atoms with Crippen molar-refractivity contribution in [2.24, 2.45) is 0 Å². The molecule has 0 radical (unpaired) electrons. The third-order valence-corrected chi connectivity index (χ3v) is 4.65. The average molecular weight is 365 g/mol. The van der Waals surface area contributed by atoms with Gasteiger partial charge in [-0.25, -0.2) is 9.59 Å². The number of aromatic nitrogens is 1. The van der Waals surface area contributed by atoms with E-state index in [1.807, 2.05) is 56.3 Å². The maximum absolute atomic E-state index is 12.2. The molecular weight excluding hydrogens is 342 g/mol. The minimum absolute atomic E-state index is 0.205. The number of benzene rings is 2. The number of hydrogen-bond acceptors (Lipinski definition) is 2. The molecule has 1 aromatic heterocycles. The van der Waals surface area contributed by atoms with Gasteiger partial charge in [0.2, 0.25) is 0 Å². The number of urea groups is 1. The number of para-hydroxylation sites is 1. The zero-order valence-electron chi connectivity index (χ0n) is 15.4. The Morgan fingerprint density at radius 3 is 2.67 bits per heavy atom. The molecule has 27 heavy (non-hydrogen) atoms. The van der Waals surface area contributed by atoms with Crippen molar-refractivity contribution in [3.63, 3.8) is 0 Å². The smallest absolute Gasteiger partial charge is 0.326 e. The van der Waals surface area contributed by atoms with Gasteiger partial charge < -0.3 is 20.7 Å². The van der Waals surface area contributed by atoms with E-state index in [1.165, 1.54) is 0 Å². The number of nitrogens with one attached hydrogen (secondary N) is 3. The van der Waals surface area contributed by atoms with Crippen LogP contribution in [0.3, 0.4) is 0 Å². The molecule has 0 saturated carbocycles. The largest absolute Gasteiger partial charge is 0.480 e. The number of aliphatic carboxylic acids is 1. The van der Waals surface area contributed by atoms with Gasteiger partial charge in [-0.2, -0.15) is 0 Å². The number of carbonyl (C=O) groups excluding carboxylic acids is 1. The number of fused-ring (bicyclic) bond motifs is 1. The van der Waals surface area contributed by atoms with Gasteiger partial charge in [0.25, 0.3) is 0 Å². The van der Waals surface area contributed by atoms with Crippen molar-refractivity contribution >= 4 is 22.9 Å². The van der Waals surface area contributed by atoms with Gasteiger partial charge in [0.15, 0.2) is 0 Å². The number of carboxylic acids is 1. The minimum atomic E-state index is -1.07. The standard InChI is InChI=1S/C21H23N3O3/c1-13-7-8-14(2)15(9-13)11-23-21(27)24-19(20(25)26)10-16-12-22-18-6-4-3-5-17(16)18/h3-9,12,19,22H,10-11H2,1-2H3,(H,25,26)(H2,23,24,27)/t19-/m0/s1. The maximum atomic E-state index is 12.2. The quantitative estimate of drug-likeness (QED) is 0.540. The number of H-pyrrole nitrogens is 1. The van der Waals surface area contributed by atoms with Crippen LogP contribution in [0.1, 0.15) is 22.3 Å². The summed E-state index contributed by atoms with van der Waals surface area (Å²) in [7, 11) is 0. The molecule has 0 aliphatic rings. The predicted molar refractivity (Wildman–Crippen MR) is 105 cm³/mol. The first-order chi connectivity index (χ1) is 12.9. The van der Waals surface area contributed by atoms with E-state index >= 15 is 0 Å². The number of aryl methyl sites for hydroxylation is 2. The Morgan fingerprint density at radius 1 is 1.11 bits per heavy atom. The van der Waals surface area contributed by atoms with Crippen molar-refractivity contribution in [1.29, 1.82) is 0 Å². The van der Waals surface area contributed by atoms with Crippen molar-refractivity contribution < 1.29 is 14.7 Å². The molecule has 1 heterocycles. The fourth-order valence-electron chi connectivity index (χ4n) is 3.10. The van der Waals surface area contributed by atoms with Gasteiger partial charge in [-0.15, -0.1) is 0 Å². The molecule has 0 aliphatic carbocycles. The average Bonchev–Trinajstić information content (AvgIpc) is 3.05. The van der Waals surface area contributed by atoms with E-state index in [0.29, 0.717) is 6.54 Å². The minimum Gasteiger partial charge on any atom is -0.480 e. The predicted octanol–water partition coefficient (Wildman–Crippen LogP) is 3.28. The molecule has 4 N–H and O–H groups in total. The summed E-state index contributed by atoms with van der Waals surface area (Å²) >= 11 is 0. The van der Waals surface area contributed by atoms with Crippen LogP contribution in [-0.2, 0) is 17.8 Å². The summed E-state index contributed by atoms with van der Waals surface area (Å²) in [5.74, 6) is -1.07. The number of rotatable bonds is 6. The normalized spacial score (nSPS) is 11.9. The molecule has 2 amide bonds. The zero-order chi connectivity index (χ0) is 19.4.